The van der Waals surface area contributed by atoms with E-state index in [2.05, 4.69) is 26.3 Å². The summed E-state index contributed by atoms with van der Waals surface area (Å²) < 4.78 is 2.31. The van der Waals surface area contributed by atoms with Crippen LogP contribution in [0.5, 0.6) is 0 Å². The van der Waals surface area contributed by atoms with Gasteiger partial charge < -0.3 is 11.1 Å². The van der Waals surface area contributed by atoms with Crippen LogP contribution < -0.4 is 16.6 Å². The zero-order valence-electron chi connectivity index (χ0n) is 15.5. The molecule has 29 heavy (non-hydrogen) atoms. The Morgan fingerprint density at radius 3 is 2.48 bits per heavy atom. The number of carbonyl (C=O) groups excluding carboxylic acids is 2. The van der Waals surface area contributed by atoms with Crippen molar-refractivity contribution in [2.24, 2.45) is 5.73 Å². The quantitative estimate of drug-likeness (QED) is 0.571. The molecule has 148 valence electrons. The molecule has 2 aromatic carbocycles. The highest BCUT2D eigenvalue weighted by molar-refractivity contribution is 9.10. The van der Waals surface area contributed by atoms with Gasteiger partial charge in [0.2, 0.25) is 5.91 Å². The van der Waals surface area contributed by atoms with E-state index in [4.69, 9.17) is 5.73 Å². The highest BCUT2D eigenvalue weighted by Crippen LogP contribution is 2.19. The molecule has 0 bridgehead atoms. The van der Waals surface area contributed by atoms with Gasteiger partial charge in [0.1, 0.15) is 0 Å². The monoisotopic (exact) mass is 454 g/mol. The standard InChI is InChI=1S/C21H19BrN4O3/c22-15-9-7-14(8-10-15)17-11-12-20(28)26(25-17)13-3-6-19(27)24-18-5-2-1-4-16(18)21(23)29/h1-2,4-5,7-12H,3,6,13H2,(H2,23,29)(H,24,27). The SMILES string of the molecule is NC(=O)c1ccccc1NC(=O)CCCn1nc(-c2ccc(Br)cc2)ccc1=O. The number of anilines is 1. The predicted molar refractivity (Wildman–Crippen MR) is 114 cm³/mol. The van der Waals surface area contributed by atoms with E-state index >= 15 is 0 Å². The van der Waals surface area contributed by atoms with Gasteiger partial charge in [0, 0.05) is 29.1 Å². The lowest BCUT2D eigenvalue weighted by Crippen LogP contribution is -2.23. The number of para-hydroxylation sites is 1. The van der Waals surface area contributed by atoms with Gasteiger partial charge in [-0.2, -0.15) is 5.10 Å². The molecule has 1 heterocycles. The van der Waals surface area contributed by atoms with Crippen molar-refractivity contribution in [3.63, 3.8) is 0 Å². The van der Waals surface area contributed by atoms with Crippen molar-refractivity contribution in [3.8, 4) is 11.3 Å². The molecule has 0 aliphatic rings. The fraction of sp³-hybridized carbons (Fsp3) is 0.143. The maximum absolute atomic E-state index is 12.2. The van der Waals surface area contributed by atoms with Crippen LogP contribution in [0.3, 0.4) is 0 Å². The first-order chi connectivity index (χ1) is 13.9. The van der Waals surface area contributed by atoms with Crippen molar-refractivity contribution < 1.29 is 9.59 Å². The average molecular weight is 455 g/mol. The van der Waals surface area contributed by atoms with Gasteiger partial charge in [-0.15, -0.1) is 0 Å². The molecule has 0 fully saturated rings. The molecule has 0 radical (unpaired) electrons. The largest absolute Gasteiger partial charge is 0.366 e. The van der Waals surface area contributed by atoms with E-state index in [-0.39, 0.29) is 23.5 Å². The molecule has 3 rings (SSSR count). The number of primary amides is 1. The van der Waals surface area contributed by atoms with E-state index in [1.54, 1.807) is 30.3 Å². The van der Waals surface area contributed by atoms with Crippen LogP contribution in [0.1, 0.15) is 23.2 Å². The van der Waals surface area contributed by atoms with Crippen molar-refractivity contribution in [1.82, 2.24) is 9.78 Å². The molecule has 0 spiro atoms. The fourth-order valence-electron chi connectivity index (χ4n) is 2.79. The lowest BCUT2D eigenvalue weighted by Gasteiger charge is -2.10. The number of carbonyl (C=O) groups is 2. The van der Waals surface area contributed by atoms with E-state index < -0.39 is 5.91 Å². The number of halogens is 1. The lowest BCUT2D eigenvalue weighted by molar-refractivity contribution is -0.116. The molecule has 0 saturated heterocycles. The Kier molecular flexibility index (Phi) is 6.56. The Hall–Kier alpha value is -3.26. The number of rotatable bonds is 7. The van der Waals surface area contributed by atoms with Gasteiger partial charge in [-0.05, 0) is 36.8 Å². The van der Waals surface area contributed by atoms with Gasteiger partial charge in [-0.1, -0.05) is 40.2 Å². The second-order valence-corrected chi connectivity index (χ2v) is 7.26. The summed E-state index contributed by atoms with van der Waals surface area (Å²) >= 11 is 3.39. The molecular formula is C21H19BrN4O3. The van der Waals surface area contributed by atoms with Crippen LogP contribution in [-0.2, 0) is 11.3 Å². The highest BCUT2D eigenvalue weighted by Gasteiger charge is 2.10. The van der Waals surface area contributed by atoms with Crippen molar-refractivity contribution in [1.29, 1.82) is 0 Å². The molecule has 8 heteroatoms. The third-order valence-corrected chi connectivity index (χ3v) is 4.78. The van der Waals surface area contributed by atoms with Gasteiger partial charge >= 0.3 is 0 Å². The smallest absolute Gasteiger partial charge is 0.266 e. The molecule has 2 amide bonds. The van der Waals surface area contributed by atoms with Crippen LogP contribution in [-0.4, -0.2) is 21.6 Å². The maximum atomic E-state index is 12.2. The first-order valence-corrected chi connectivity index (χ1v) is 9.76. The first-order valence-electron chi connectivity index (χ1n) is 8.97. The van der Waals surface area contributed by atoms with Crippen molar-refractivity contribution >= 4 is 33.4 Å². The topological polar surface area (TPSA) is 107 Å². The summed E-state index contributed by atoms with van der Waals surface area (Å²) in [7, 11) is 0. The number of hydrogen-bond acceptors (Lipinski definition) is 4. The van der Waals surface area contributed by atoms with Crippen LogP contribution in [0, 0.1) is 0 Å². The molecule has 1 aromatic heterocycles. The molecule has 0 aliphatic heterocycles. The third kappa shape index (κ3) is 5.39. The lowest BCUT2D eigenvalue weighted by atomic mass is 10.1. The second-order valence-electron chi connectivity index (χ2n) is 6.35. The summed E-state index contributed by atoms with van der Waals surface area (Å²) in [6.07, 6.45) is 0.588. The van der Waals surface area contributed by atoms with Gasteiger partial charge in [-0.25, -0.2) is 4.68 Å². The number of nitrogens with zero attached hydrogens (tertiary/aromatic N) is 2. The molecule has 0 atom stereocenters. The van der Waals surface area contributed by atoms with Crippen LogP contribution in [0.2, 0.25) is 0 Å². The Labute approximate surface area is 175 Å². The minimum Gasteiger partial charge on any atom is -0.366 e. The minimum absolute atomic E-state index is 0.170. The minimum atomic E-state index is -0.610. The number of benzene rings is 2. The Morgan fingerprint density at radius 2 is 1.76 bits per heavy atom. The van der Waals surface area contributed by atoms with E-state index in [0.717, 1.165) is 10.0 Å². The zero-order chi connectivity index (χ0) is 20.8. The van der Waals surface area contributed by atoms with E-state index in [9.17, 15) is 14.4 Å². The summed E-state index contributed by atoms with van der Waals surface area (Å²) in [5.41, 5.74) is 7.28. The van der Waals surface area contributed by atoms with Crippen LogP contribution >= 0.6 is 15.9 Å². The third-order valence-electron chi connectivity index (χ3n) is 4.25. The molecule has 0 saturated carbocycles. The van der Waals surface area contributed by atoms with Gasteiger partial charge in [-0.3, -0.25) is 14.4 Å². The number of nitrogens with one attached hydrogen (secondary N) is 1. The molecule has 3 N–H and O–H groups in total. The fourth-order valence-corrected chi connectivity index (χ4v) is 3.06. The van der Waals surface area contributed by atoms with E-state index in [1.807, 2.05) is 24.3 Å². The molecular weight excluding hydrogens is 436 g/mol. The van der Waals surface area contributed by atoms with Gasteiger partial charge in [0.15, 0.2) is 0 Å². The second kappa shape index (κ2) is 9.29. The molecule has 3 aromatic rings. The summed E-state index contributed by atoms with van der Waals surface area (Å²) in [4.78, 5) is 35.7. The summed E-state index contributed by atoms with van der Waals surface area (Å²) in [6, 6.07) is 17.3. The van der Waals surface area contributed by atoms with Gasteiger partial charge in [0.05, 0.1) is 16.9 Å². The van der Waals surface area contributed by atoms with Gasteiger partial charge in [0.25, 0.3) is 11.5 Å². The summed E-state index contributed by atoms with van der Waals surface area (Å²) in [6.45, 7) is 0.300. The van der Waals surface area contributed by atoms with Crippen molar-refractivity contribution in [2.45, 2.75) is 19.4 Å². The Morgan fingerprint density at radius 1 is 1.03 bits per heavy atom. The predicted octanol–water partition coefficient (Wildman–Crippen LogP) is 3.19. The zero-order valence-corrected chi connectivity index (χ0v) is 17.1. The maximum Gasteiger partial charge on any atom is 0.266 e. The van der Waals surface area contributed by atoms with E-state index in [0.29, 0.717) is 24.3 Å². The number of aromatic nitrogens is 2. The molecule has 7 nitrogen and oxygen atoms in total. The summed E-state index contributed by atoms with van der Waals surface area (Å²) in [5.74, 6) is -0.878. The van der Waals surface area contributed by atoms with Crippen molar-refractivity contribution in [3.05, 3.63) is 81.1 Å². The van der Waals surface area contributed by atoms with E-state index in [1.165, 1.54) is 10.7 Å². The van der Waals surface area contributed by atoms with Crippen molar-refractivity contribution in [2.75, 3.05) is 5.32 Å². The molecule has 0 unspecified atom stereocenters. The Bertz CT molecular complexity index is 1090. The first kappa shape index (κ1) is 20.5. The number of nitrogens with two attached hydrogens (primary N) is 1. The Balaban J connectivity index is 1.62. The average Bonchev–Trinajstić information content (AvgIpc) is 2.70. The van der Waals surface area contributed by atoms with Crippen LogP contribution in [0.4, 0.5) is 5.69 Å². The highest BCUT2D eigenvalue weighted by atomic mass is 79.9. The molecule has 0 aliphatic carbocycles. The normalized spacial score (nSPS) is 10.5. The van der Waals surface area contributed by atoms with Crippen LogP contribution in [0.25, 0.3) is 11.3 Å². The summed E-state index contributed by atoms with van der Waals surface area (Å²) in [5, 5.41) is 7.07. The number of amides is 2. The number of aryl methyl sites for hydroxylation is 1. The van der Waals surface area contributed by atoms with Crippen LogP contribution in [0.15, 0.2) is 69.9 Å². The number of hydrogen-bond donors (Lipinski definition) is 2.